The minimum atomic E-state index is -0.758. The fraction of sp³-hybridized carbons (Fsp3) is 0.667. The first-order chi connectivity index (χ1) is 11.7. The maximum Gasteiger partial charge on any atom is 0.321 e. The van der Waals surface area contributed by atoms with Crippen molar-refractivity contribution in [2.75, 3.05) is 6.54 Å². The first-order valence-electron chi connectivity index (χ1n) is 9.74. The van der Waals surface area contributed by atoms with E-state index >= 15 is 0 Å². The van der Waals surface area contributed by atoms with Crippen molar-refractivity contribution in [3.63, 3.8) is 0 Å². The van der Waals surface area contributed by atoms with Crippen LogP contribution in [0.15, 0.2) is 30.3 Å². The predicted octanol–water partition coefficient (Wildman–Crippen LogP) is 5.19. The summed E-state index contributed by atoms with van der Waals surface area (Å²) in [5.41, 5.74) is 1.07. The lowest BCUT2D eigenvalue weighted by Gasteiger charge is -2.14. The highest BCUT2D eigenvalue weighted by Gasteiger charge is 2.16. The molecular formula is C21H35NO2. The Morgan fingerprint density at radius 2 is 1.46 bits per heavy atom. The Kier molecular flexibility index (Phi) is 12.1. The molecule has 136 valence electrons. The SMILES string of the molecule is CCCCCCCCCCCCNC(Cc1ccccc1)C(=O)O. The second-order valence-electron chi connectivity index (χ2n) is 6.72. The minimum absolute atomic E-state index is 0.481. The second kappa shape index (κ2) is 14.0. The van der Waals surface area contributed by atoms with E-state index < -0.39 is 12.0 Å². The van der Waals surface area contributed by atoms with Gasteiger partial charge in [-0.1, -0.05) is 95.0 Å². The molecular weight excluding hydrogens is 298 g/mol. The van der Waals surface area contributed by atoms with Crippen molar-refractivity contribution in [3.05, 3.63) is 35.9 Å². The number of unbranched alkanes of at least 4 members (excludes halogenated alkanes) is 9. The van der Waals surface area contributed by atoms with Crippen LogP contribution in [0.3, 0.4) is 0 Å². The number of carbonyl (C=O) groups is 1. The number of benzene rings is 1. The zero-order valence-electron chi connectivity index (χ0n) is 15.3. The monoisotopic (exact) mass is 333 g/mol. The third-order valence-electron chi connectivity index (χ3n) is 4.50. The molecule has 0 heterocycles. The number of rotatable bonds is 15. The zero-order chi connectivity index (χ0) is 17.5. The molecule has 1 aromatic carbocycles. The lowest BCUT2D eigenvalue weighted by molar-refractivity contribution is -0.139. The van der Waals surface area contributed by atoms with Gasteiger partial charge < -0.3 is 10.4 Å². The maximum atomic E-state index is 11.4. The lowest BCUT2D eigenvalue weighted by atomic mass is 10.1. The lowest BCUT2D eigenvalue weighted by Crippen LogP contribution is -2.39. The largest absolute Gasteiger partial charge is 0.480 e. The molecule has 0 aromatic heterocycles. The van der Waals surface area contributed by atoms with Crippen LogP contribution >= 0.6 is 0 Å². The molecule has 0 fully saturated rings. The van der Waals surface area contributed by atoms with Gasteiger partial charge in [0.25, 0.3) is 0 Å². The van der Waals surface area contributed by atoms with Crippen molar-refractivity contribution in [2.24, 2.45) is 0 Å². The third kappa shape index (κ3) is 10.4. The van der Waals surface area contributed by atoms with E-state index in [1.165, 1.54) is 57.8 Å². The fourth-order valence-corrected chi connectivity index (χ4v) is 2.99. The normalized spacial score (nSPS) is 12.2. The number of hydrogen-bond donors (Lipinski definition) is 2. The van der Waals surface area contributed by atoms with E-state index in [1.807, 2.05) is 30.3 Å². The number of carboxylic acids is 1. The molecule has 0 bridgehead atoms. The Bertz CT molecular complexity index is 419. The summed E-state index contributed by atoms with van der Waals surface area (Å²) in [6.45, 7) is 3.04. The molecule has 0 spiro atoms. The molecule has 3 heteroatoms. The third-order valence-corrected chi connectivity index (χ3v) is 4.50. The molecule has 0 aliphatic rings. The van der Waals surface area contributed by atoms with Gasteiger partial charge in [0.2, 0.25) is 0 Å². The van der Waals surface area contributed by atoms with Crippen LogP contribution in [0.4, 0.5) is 0 Å². The summed E-state index contributed by atoms with van der Waals surface area (Å²) in [6, 6.07) is 9.35. The molecule has 24 heavy (non-hydrogen) atoms. The smallest absolute Gasteiger partial charge is 0.321 e. The fourth-order valence-electron chi connectivity index (χ4n) is 2.99. The van der Waals surface area contributed by atoms with Crippen molar-refractivity contribution in [1.29, 1.82) is 0 Å². The predicted molar refractivity (Wildman–Crippen MR) is 101 cm³/mol. The Hall–Kier alpha value is -1.35. The highest BCUT2D eigenvalue weighted by molar-refractivity contribution is 5.73. The van der Waals surface area contributed by atoms with Gasteiger partial charge in [-0.05, 0) is 24.9 Å². The van der Waals surface area contributed by atoms with Gasteiger partial charge in [0.15, 0.2) is 0 Å². The summed E-state index contributed by atoms with van der Waals surface area (Å²) in [5, 5.41) is 12.5. The van der Waals surface area contributed by atoms with E-state index in [0.29, 0.717) is 6.42 Å². The molecule has 1 atom stereocenters. The van der Waals surface area contributed by atoms with Gasteiger partial charge in [-0.3, -0.25) is 4.79 Å². The van der Waals surface area contributed by atoms with Gasteiger partial charge in [-0.25, -0.2) is 0 Å². The molecule has 0 saturated carbocycles. The highest BCUT2D eigenvalue weighted by Crippen LogP contribution is 2.10. The van der Waals surface area contributed by atoms with Crippen molar-refractivity contribution in [2.45, 2.75) is 83.6 Å². The quantitative estimate of drug-likeness (QED) is 0.434. The van der Waals surface area contributed by atoms with Gasteiger partial charge in [-0.2, -0.15) is 0 Å². The Labute approximate surface area is 147 Å². The number of carboxylic acid groups (broad SMARTS) is 1. The van der Waals surface area contributed by atoms with Gasteiger partial charge in [0.05, 0.1) is 0 Å². The number of nitrogens with one attached hydrogen (secondary N) is 1. The van der Waals surface area contributed by atoms with Crippen molar-refractivity contribution in [3.8, 4) is 0 Å². The summed E-state index contributed by atoms with van der Waals surface area (Å²) in [6.07, 6.45) is 13.6. The van der Waals surface area contributed by atoms with Crippen molar-refractivity contribution < 1.29 is 9.90 Å². The van der Waals surface area contributed by atoms with E-state index in [1.54, 1.807) is 0 Å². The topological polar surface area (TPSA) is 49.3 Å². The molecule has 3 nitrogen and oxygen atoms in total. The van der Waals surface area contributed by atoms with Crippen LogP contribution in [-0.4, -0.2) is 23.7 Å². The van der Waals surface area contributed by atoms with Crippen LogP contribution in [-0.2, 0) is 11.2 Å². The molecule has 0 aliphatic carbocycles. The molecule has 0 aliphatic heterocycles. The Morgan fingerprint density at radius 3 is 2.00 bits per heavy atom. The van der Waals surface area contributed by atoms with E-state index in [2.05, 4.69) is 12.2 Å². The summed E-state index contributed by atoms with van der Waals surface area (Å²) in [7, 11) is 0. The summed E-state index contributed by atoms with van der Waals surface area (Å²) in [4.78, 5) is 11.4. The Morgan fingerprint density at radius 1 is 0.917 bits per heavy atom. The van der Waals surface area contributed by atoms with Crippen molar-refractivity contribution in [1.82, 2.24) is 5.32 Å². The maximum absolute atomic E-state index is 11.4. The van der Waals surface area contributed by atoms with Crippen LogP contribution < -0.4 is 5.32 Å². The number of hydrogen-bond acceptors (Lipinski definition) is 2. The minimum Gasteiger partial charge on any atom is -0.480 e. The van der Waals surface area contributed by atoms with Gasteiger partial charge in [0, 0.05) is 0 Å². The van der Waals surface area contributed by atoms with Crippen LogP contribution in [0.5, 0.6) is 0 Å². The van der Waals surface area contributed by atoms with Gasteiger partial charge in [0.1, 0.15) is 6.04 Å². The first kappa shape index (κ1) is 20.7. The van der Waals surface area contributed by atoms with E-state index in [4.69, 9.17) is 0 Å². The van der Waals surface area contributed by atoms with E-state index in [-0.39, 0.29) is 0 Å². The van der Waals surface area contributed by atoms with Crippen LogP contribution in [0.1, 0.15) is 76.7 Å². The van der Waals surface area contributed by atoms with Crippen LogP contribution in [0.25, 0.3) is 0 Å². The average molecular weight is 334 g/mol. The van der Waals surface area contributed by atoms with Gasteiger partial charge >= 0.3 is 5.97 Å². The van der Waals surface area contributed by atoms with Crippen LogP contribution in [0.2, 0.25) is 0 Å². The highest BCUT2D eigenvalue weighted by atomic mass is 16.4. The van der Waals surface area contributed by atoms with E-state index in [0.717, 1.165) is 18.5 Å². The average Bonchev–Trinajstić information content (AvgIpc) is 2.59. The molecule has 1 unspecified atom stereocenters. The summed E-state index contributed by atoms with van der Waals surface area (Å²) in [5.74, 6) is -0.758. The standard InChI is InChI=1S/C21H35NO2/c1-2-3-4-5-6-7-8-9-10-14-17-22-20(21(23)24)18-19-15-12-11-13-16-19/h11-13,15-16,20,22H,2-10,14,17-18H2,1H3,(H,23,24). The summed E-state index contributed by atoms with van der Waals surface area (Å²) >= 11 is 0. The number of aliphatic carboxylic acids is 1. The first-order valence-corrected chi connectivity index (χ1v) is 9.74. The molecule has 0 radical (unpaired) electrons. The molecule has 0 saturated heterocycles. The molecule has 2 N–H and O–H groups in total. The second-order valence-corrected chi connectivity index (χ2v) is 6.72. The van der Waals surface area contributed by atoms with E-state index in [9.17, 15) is 9.90 Å². The Balaban J connectivity index is 2.02. The molecule has 1 rings (SSSR count). The van der Waals surface area contributed by atoms with Gasteiger partial charge in [-0.15, -0.1) is 0 Å². The van der Waals surface area contributed by atoms with Crippen molar-refractivity contribution >= 4 is 5.97 Å². The van der Waals surface area contributed by atoms with Crippen LogP contribution in [0, 0.1) is 0 Å². The molecule has 1 aromatic rings. The molecule has 0 amide bonds. The summed E-state index contributed by atoms with van der Waals surface area (Å²) < 4.78 is 0. The zero-order valence-corrected chi connectivity index (χ0v) is 15.3.